The number of likely N-dealkylation sites (tertiary alicyclic amines) is 1. The van der Waals surface area contributed by atoms with E-state index in [1.54, 1.807) is 18.2 Å². The Kier molecular flexibility index (Phi) is 8.32. The third-order valence-corrected chi connectivity index (χ3v) is 7.96. The molecule has 2 aliphatic heterocycles. The number of anilines is 2. The van der Waals surface area contributed by atoms with Crippen LogP contribution >= 0.6 is 0 Å². The maximum absolute atomic E-state index is 13.1. The number of hydrogen-bond donors (Lipinski definition) is 1. The van der Waals surface area contributed by atoms with Gasteiger partial charge < -0.3 is 15.0 Å². The van der Waals surface area contributed by atoms with Crippen LogP contribution in [0.3, 0.4) is 0 Å². The van der Waals surface area contributed by atoms with Crippen LogP contribution < -0.4 is 10.2 Å². The average Bonchev–Trinajstić information content (AvgIpc) is 2.76. The highest BCUT2D eigenvalue weighted by Crippen LogP contribution is 2.30. The summed E-state index contributed by atoms with van der Waals surface area (Å²) in [4.78, 5) is 17.3. The number of benzene rings is 1. The van der Waals surface area contributed by atoms with Crippen LogP contribution in [-0.2, 0) is 19.6 Å². The van der Waals surface area contributed by atoms with Gasteiger partial charge in [-0.2, -0.15) is 4.31 Å². The van der Waals surface area contributed by atoms with E-state index in [0.717, 1.165) is 38.3 Å². The van der Waals surface area contributed by atoms with Gasteiger partial charge in [-0.3, -0.25) is 9.69 Å². The highest BCUT2D eigenvalue weighted by molar-refractivity contribution is 7.89. The van der Waals surface area contributed by atoms with Crippen molar-refractivity contribution in [1.29, 1.82) is 0 Å². The van der Waals surface area contributed by atoms with E-state index in [4.69, 9.17) is 4.74 Å². The van der Waals surface area contributed by atoms with E-state index in [1.807, 2.05) is 13.8 Å². The van der Waals surface area contributed by atoms with Crippen LogP contribution in [0.4, 0.5) is 11.4 Å². The van der Waals surface area contributed by atoms with Crippen LogP contribution in [0.2, 0.25) is 0 Å². The minimum atomic E-state index is -3.64. The summed E-state index contributed by atoms with van der Waals surface area (Å²) in [6.45, 7) is 11.5. The van der Waals surface area contributed by atoms with Gasteiger partial charge in [-0.15, -0.1) is 0 Å². The van der Waals surface area contributed by atoms with Gasteiger partial charge in [0.1, 0.15) is 0 Å². The predicted octanol–water partition coefficient (Wildman–Crippen LogP) is 2.22. The van der Waals surface area contributed by atoms with Crippen LogP contribution in [0, 0.1) is 5.92 Å². The van der Waals surface area contributed by atoms with Crippen LogP contribution in [0.15, 0.2) is 23.1 Å². The third-order valence-electron chi connectivity index (χ3n) is 6.06. The number of sulfonamides is 1. The van der Waals surface area contributed by atoms with Crippen molar-refractivity contribution in [2.45, 2.75) is 38.5 Å². The van der Waals surface area contributed by atoms with Crippen molar-refractivity contribution in [1.82, 2.24) is 9.21 Å². The molecule has 2 fully saturated rings. The van der Waals surface area contributed by atoms with Gasteiger partial charge in [-0.05, 0) is 57.4 Å². The average molecular weight is 453 g/mol. The fraction of sp³-hybridized carbons (Fsp3) is 0.682. The lowest BCUT2D eigenvalue weighted by molar-refractivity contribution is -0.117. The van der Waals surface area contributed by atoms with Crippen LogP contribution in [-0.4, -0.2) is 82.6 Å². The molecule has 1 unspecified atom stereocenters. The van der Waals surface area contributed by atoms with Crippen molar-refractivity contribution < 1.29 is 17.9 Å². The van der Waals surface area contributed by atoms with Crippen molar-refractivity contribution in [2.75, 3.05) is 69.2 Å². The molecule has 1 atom stereocenters. The summed E-state index contributed by atoms with van der Waals surface area (Å²) in [7, 11) is -3.64. The van der Waals surface area contributed by atoms with Gasteiger partial charge in [-0.25, -0.2) is 8.42 Å². The first-order chi connectivity index (χ1) is 14.8. The number of piperidine rings is 1. The van der Waals surface area contributed by atoms with Gasteiger partial charge in [0.15, 0.2) is 0 Å². The van der Waals surface area contributed by atoms with Gasteiger partial charge in [0.05, 0.1) is 36.0 Å². The summed E-state index contributed by atoms with van der Waals surface area (Å²) >= 11 is 0. The summed E-state index contributed by atoms with van der Waals surface area (Å²) in [6.07, 6.45) is 2.30. The lowest BCUT2D eigenvalue weighted by Crippen LogP contribution is -2.41. The maximum atomic E-state index is 13.1. The Morgan fingerprint density at radius 3 is 2.55 bits per heavy atom. The van der Waals surface area contributed by atoms with E-state index in [9.17, 15) is 13.2 Å². The van der Waals surface area contributed by atoms with Crippen molar-refractivity contribution >= 4 is 27.3 Å². The first-order valence-corrected chi connectivity index (χ1v) is 12.8. The number of hydrogen-bond acceptors (Lipinski definition) is 6. The molecule has 8 nitrogen and oxygen atoms in total. The molecule has 2 heterocycles. The zero-order valence-corrected chi connectivity index (χ0v) is 19.8. The van der Waals surface area contributed by atoms with Crippen molar-refractivity contribution in [3.8, 4) is 0 Å². The monoisotopic (exact) mass is 452 g/mol. The molecule has 0 aliphatic carbocycles. The Hall–Kier alpha value is -1.68. The molecule has 0 saturated carbocycles. The quantitative estimate of drug-likeness (QED) is 0.651. The number of ether oxygens (including phenoxy) is 1. The highest BCUT2D eigenvalue weighted by atomic mass is 32.2. The molecule has 0 bridgehead atoms. The zero-order chi connectivity index (χ0) is 22.4. The summed E-state index contributed by atoms with van der Waals surface area (Å²) in [5, 5.41) is 3.01. The van der Waals surface area contributed by atoms with E-state index in [0.29, 0.717) is 44.5 Å². The van der Waals surface area contributed by atoms with E-state index in [1.165, 1.54) is 10.7 Å². The smallest absolute Gasteiger partial charge is 0.243 e. The van der Waals surface area contributed by atoms with Crippen LogP contribution in [0.25, 0.3) is 0 Å². The molecule has 2 saturated heterocycles. The van der Waals surface area contributed by atoms with Gasteiger partial charge >= 0.3 is 0 Å². The second-order valence-electron chi connectivity index (χ2n) is 8.40. The molecular weight excluding hydrogens is 416 g/mol. The fourth-order valence-electron chi connectivity index (χ4n) is 4.37. The van der Waals surface area contributed by atoms with E-state index in [2.05, 4.69) is 22.0 Å². The Morgan fingerprint density at radius 1 is 1.19 bits per heavy atom. The van der Waals surface area contributed by atoms with Gasteiger partial charge in [0, 0.05) is 32.7 Å². The summed E-state index contributed by atoms with van der Waals surface area (Å²) in [6, 6.07) is 5.05. The second-order valence-corrected chi connectivity index (χ2v) is 10.3. The molecule has 1 aromatic carbocycles. The van der Waals surface area contributed by atoms with Crippen molar-refractivity contribution in [3.05, 3.63) is 18.2 Å². The van der Waals surface area contributed by atoms with Crippen LogP contribution in [0.1, 0.15) is 33.6 Å². The highest BCUT2D eigenvalue weighted by Gasteiger charge is 2.28. The molecule has 3 rings (SSSR count). The van der Waals surface area contributed by atoms with Gasteiger partial charge in [0.25, 0.3) is 0 Å². The Balaban J connectivity index is 1.84. The minimum absolute atomic E-state index is 0.108. The number of morpholine rings is 1. The summed E-state index contributed by atoms with van der Waals surface area (Å²) in [5.41, 5.74) is 1.39. The van der Waals surface area contributed by atoms with Crippen LogP contribution in [0.5, 0.6) is 0 Å². The first kappa shape index (κ1) is 24.0. The molecule has 0 spiro atoms. The second kappa shape index (κ2) is 10.8. The molecule has 31 heavy (non-hydrogen) atoms. The third kappa shape index (κ3) is 5.97. The van der Waals surface area contributed by atoms with E-state index >= 15 is 0 Å². The SMILES string of the molecule is CCN(CC)c1ccc(S(=O)(=O)N2CCOCC2)cc1NC(=O)CN1CCCC(C)C1. The number of nitrogens with one attached hydrogen (secondary N) is 1. The Morgan fingerprint density at radius 2 is 1.90 bits per heavy atom. The largest absolute Gasteiger partial charge is 0.379 e. The molecule has 9 heteroatoms. The number of carbonyl (C=O) groups excluding carboxylic acids is 1. The first-order valence-electron chi connectivity index (χ1n) is 11.3. The molecule has 1 aromatic rings. The summed E-state index contributed by atoms with van der Waals surface area (Å²) in [5.74, 6) is 0.484. The number of amides is 1. The maximum Gasteiger partial charge on any atom is 0.243 e. The zero-order valence-electron chi connectivity index (χ0n) is 19.0. The lowest BCUT2D eigenvalue weighted by atomic mass is 10.0. The van der Waals surface area contributed by atoms with E-state index < -0.39 is 10.0 Å². The minimum Gasteiger partial charge on any atom is -0.379 e. The lowest BCUT2D eigenvalue weighted by Gasteiger charge is -2.31. The number of rotatable bonds is 8. The standard InChI is InChI=1S/C22H36N4O4S/c1-4-25(5-2)21-9-8-19(31(28,29)26-11-13-30-14-12-26)15-20(21)23-22(27)17-24-10-6-7-18(3)16-24/h8-9,15,18H,4-7,10-14,16-17H2,1-3H3,(H,23,27). The Bertz CT molecular complexity index is 851. The van der Waals surface area contributed by atoms with Gasteiger partial charge in [0.2, 0.25) is 15.9 Å². The molecular formula is C22H36N4O4S. The predicted molar refractivity (Wildman–Crippen MR) is 123 cm³/mol. The van der Waals surface area contributed by atoms with Crippen molar-refractivity contribution in [2.24, 2.45) is 5.92 Å². The number of carbonyl (C=O) groups is 1. The molecule has 0 aromatic heterocycles. The number of nitrogens with zero attached hydrogens (tertiary/aromatic N) is 3. The fourth-order valence-corrected chi connectivity index (χ4v) is 5.81. The normalized spacial score (nSPS) is 21.1. The summed E-state index contributed by atoms with van der Waals surface area (Å²) < 4.78 is 33.0. The molecule has 2 aliphatic rings. The van der Waals surface area contributed by atoms with Gasteiger partial charge in [-0.1, -0.05) is 6.92 Å². The molecule has 1 N–H and O–H groups in total. The molecule has 1 amide bonds. The Labute approximate surface area is 186 Å². The molecule has 174 valence electrons. The van der Waals surface area contributed by atoms with E-state index in [-0.39, 0.29) is 10.8 Å². The molecule has 0 radical (unpaired) electrons. The topological polar surface area (TPSA) is 82.2 Å². The van der Waals surface area contributed by atoms with Crippen molar-refractivity contribution in [3.63, 3.8) is 0 Å².